The summed E-state index contributed by atoms with van der Waals surface area (Å²) in [6.07, 6.45) is 1.01. The molecule has 0 saturated carbocycles. The zero-order chi connectivity index (χ0) is 11.0. The van der Waals surface area contributed by atoms with Gasteiger partial charge < -0.3 is 5.11 Å². The van der Waals surface area contributed by atoms with E-state index in [0.717, 1.165) is 17.3 Å². The van der Waals surface area contributed by atoms with Crippen molar-refractivity contribution in [2.75, 3.05) is 0 Å². The monoisotopic (exact) mass is 204 g/mol. The van der Waals surface area contributed by atoms with E-state index < -0.39 is 0 Å². The Kier molecular flexibility index (Phi) is 2.39. The lowest BCUT2D eigenvalue weighted by Gasteiger charge is -2.05. The van der Waals surface area contributed by atoms with E-state index in [0.29, 0.717) is 5.92 Å². The second-order valence-corrected chi connectivity index (χ2v) is 4.37. The Morgan fingerprint density at radius 2 is 2.13 bits per heavy atom. The van der Waals surface area contributed by atoms with Crippen LogP contribution in [0.1, 0.15) is 19.5 Å². The summed E-state index contributed by atoms with van der Waals surface area (Å²) >= 11 is 0. The van der Waals surface area contributed by atoms with Gasteiger partial charge in [0.1, 0.15) is 5.75 Å². The summed E-state index contributed by atoms with van der Waals surface area (Å²) in [7, 11) is 1.95. The van der Waals surface area contributed by atoms with E-state index in [2.05, 4.69) is 18.9 Å². The molecule has 1 N–H and O–H groups in total. The van der Waals surface area contributed by atoms with Gasteiger partial charge in [0, 0.05) is 24.2 Å². The first kappa shape index (κ1) is 10.0. The lowest BCUT2D eigenvalue weighted by molar-refractivity contribution is 0.476. The highest BCUT2D eigenvalue weighted by Crippen LogP contribution is 2.23. The SMILES string of the molecule is CC(C)Cc1c2ccc(O)cc2nn1C. The van der Waals surface area contributed by atoms with Crippen LogP contribution < -0.4 is 0 Å². The zero-order valence-corrected chi connectivity index (χ0v) is 9.36. The largest absolute Gasteiger partial charge is 0.508 e. The van der Waals surface area contributed by atoms with Gasteiger partial charge in [-0.15, -0.1) is 0 Å². The van der Waals surface area contributed by atoms with Gasteiger partial charge >= 0.3 is 0 Å². The number of phenols is 1. The Morgan fingerprint density at radius 1 is 1.40 bits per heavy atom. The number of aryl methyl sites for hydroxylation is 1. The smallest absolute Gasteiger partial charge is 0.117 e. The first-order valence-electron chi connectivity index (χ1n) is 5.22. The summed E-state index contributed by atoms with van der Waals surface area (Å²) in [6.45, 7) is 4.39. The fourth-order valence-corrected chi connectivity index (χ4v) is 1.87. The van der Waals surface area contributed by atoms with Crippen LogP contribution >= 0.6 is 0 Å². The second kappa shape index (κ2) is 3.57. The summed E-state index contributed by atoms with van der Waals surface area (Å²) < 4.78 is 1.91. The average molecular weight is 204 g/mol. The molecule has 1 aromatic carbocycles. The zero-order valence-electron chi connectivity index (χ0n) is 9.36. The van der Waals surface area contributed by atoms with Gasteiger partial charge in [-0.05, 0) is 24.5 Å². The van der Waals surface area contributed by atoms with Crippen LogP contribution in [-0.4, -0.2) is 14.9 Å². The Hall–Kier alpha value is -1.51. The third kappa shape index (κ3) is 1.82. The molecule has 0 atom stereocenters. The Labute approximate surface area is 89.3 Å². The quantitative estimate of drug-likeness (QED) is 0.816. The number of benzene rings is 1. The summed E-state index contributed by atoms with van der Waals surface area (Å²) in [5, 5.41) is 14.9. The molecule has 0 saturated heterocycles. The minimum absolute atomic E-state index is 0.275. The molecule has 1 aromatic heterocycles. The van der Waals surface area contributed by atoms with Gasteiger partial charge in [0.05, 0.1) is 5.52 Å². The topological polar surface area (TPSA) is 38.1 Å². The molecule has 2 rings (SSSR count). The Morgan fingerprint density at radius 3 is 2.80 bits per heavy atom. The number of hydrogen-bond donors (Lipinski definition) is 1. The standard InChI is InChI=1S/C12H16N2O/c1-8(2)6-12-10-5-4-9(15)7-11(10)13-14(12)3/h4-5,7-8,15H,6H2,1-3H3. The van der Waals surface area contributed by atoms with E-state index >= 15 is 0 Å². The maximum absolute atomic E-state index is 9.36. The van der Waals surface area contributed by atoms with Crippen LogP contribution in [0.25, 0.3) is 10.9 Å². The molecule has 0 bridgehead atoms. The highest BCUT2D eigenvalue weighted by Gasteiger charge is 2.10. The van der Waals surface area contributed by atoms with Crippen molar-refractivity contribution in [3.63, 3.8) is 0 Å². The second-order valence-electron chi connectivity index (χ2n) is 4.37. The van der Waals surface area contributed by atoms with Crippen molar-refractivity contribution in [1.29, 1.82) is 0 Å². The van der Waals surface area contributed by atoms with Crippen molar-refractivity contribution >= 4 is 10.9 Å². The molecule has 0 fully saturated rings. The molecule has 2 aromatic rings. The Balaban J connectivity index is 2.58. The molecular weight excluding hydrogens is 188 g/mol. The maximum atomic E-state index is 9.36. The molecule has 0 aliphatic heterocycles. The molecule has 3 nitrogen and oxygen atoms in total. The van der Waals surface area contributed by atoms with E-state index in [-0.39, 0.29) is 5.75 Å². The minimum Gasteiger partial charge on any atom is -0.508 e. The van der Waals surface area contributed by atoms with Crippen molar-refractivity contribution in [1.82, 2.24) is 9.78 Å². The van der Waals surface area contributed by atoms with E-state index in [9.17, 15) is 5.11 Å². The van der Waals surface area contributed by atoms with Crippen molar-refractivity contribution in [2.24, 2.45) is 13.0 Å². The molecule has 3 heteroatoms. The summed E-state index contributed by atoms with van der Waals surface area (Å²) in [6, 6.07) is 5.36. The van der Waals surface area contributed by atoms with Crippen LogP contribution in [0.3, 0.4) is 0 Å². The lowest BCUT2D eigenvalue weighted by Crippen LogP contribution is -2.02. The fraction of sp³-hybridized carbons (Fsp3) is 0.417. The van der Waals surface area contributed by atoms with Crippen LogP contribution in [0.15, 0.2) is 18.2 Å². The first-order valence-corrected chi connectivity index (χ1v) is 5.22. The van der Waals surface area contributed by atoms with Crippen LogP contribution in [-0.2, 0) is 13.5 Å². The van der Waals surface area contributed by atoms with Gasteiger partial charge in [0.25, 0.3) is 0 Å². The van der Waals surface area contributed by atoms with Crippen molar-refractivity contribution in [3.05, 3.63) is 23.9 Å². The normalized spacial score (nSPS) is 11.5. The minimum atomic E-state index is 0.275. The van der Waals surface area contributed by atoms with E-state index in [4.69, 9.17) is 0 Å². The third-order valence-electron chi connectivity index (χ3n) is 2.54. The number of aromatic nitrogens is 2. The van der Waals surface area contributed by atoms with Gasteiger partial charge in [-0.3, -0.25) is 4.68 Å². The predicted molar refractivity (Wildman–Crippen MR) is 60.9 cm³/mol. The highest BCUT2D eigenvalue weighted by atomic mass is 16.3. The number of rotatable bonds is 2. The van der Waals surface area contributed by atoms with Crippen LogP contribution in [0.4, 0.5) is 0 Å². The van der Waals surface area contributed by atoms with Crippen LogP contribution in [0, 0.1) is 5.92 Å². The van der Waals surface area contributed by atoms with Gasteiger partial charge in [0.15, 0.2) is 0 Å². The molecule has 0 radical (unpaired) electrons. The van der Waals surface area contributed by atoms with Crippen molar-refractivity contribution < 1.29 is 5.11 Å². The molecule has 1 heterocycles. The molecule has 80 valence electrons. The molecule has 15 heavy (non-hydrogen) atoms. The molecule has 0 amide bonds. The molecule has 0 spiro atoms. The molecular formula is C12H16N2O. The summed E-state index contributed by atoms with van der Waals surface area (Å²) in [5.41, 5.74) is 2.10. The van der Waals surface area contributed by atoms with E-state index in [1.165, 1.54) is 5.69 Å². The van der Waals surface area contributed by atoms with E-state index in [1.807, 2.05) is 17.8 Å². The van der Waals surface area contributed by atoms with Gasteiger partial charge in [-0.1, -0.05) is 13.8 Å². The average Bonchev–Trinajstić information content (AvgIpc) is 2.41. The van der Waals surface area contributed by atoms with Crippen LogP contribution in [0.2, 0.25) is 0 Å². The number of nitrogens with zero attached hydrogens (tertiary/aromatic N) is 2. The molecule has 0 unspecified atom stereocenters. The molecule has 0 aliphatic carbocycles. The first-order chi connectivity index (χ1) is 7.08. The lowest BCUT2D eigenvalue weighted by atomic mass is 10.0. The van der Waals surface area contributed by atoms with Gasteiger partial charge in [-0.25, -0.2) is 0 Å². The summed E-state index contributed by atoms with van der Waals surface area (Å²) in [5.74, 6) is 0.883. The third-order valence-corrected chi connectivity index (χ3v) is 2.54. The van der Waals surface area contributed by atoms with Crippen LogP contribution in [0.5, 0.6) is 5.75 Å². The van der Waals surface area contributed by atoms with Crippen molar-refractivity contribution in [2.45, 2.75) is 20.3 Å². The maximum Gasteiger partial charge on any atom is 0.117 e. The van der Waals surface area contributed by atoms with Crippen molar-refractivity contribution in [3.8, 4) is 5.75 Å². The van der Waals surface area contributed by atoms with Gasteiger partial charge in [-0.2, -0.15) is 5.10 Å². The number of phenolic OH excluding ortho intramolecular Hbond substituents is 1. The predicted octanol–water partition coefficient (Wildman–Crippen LogP) is 2.48. The highest BCUT2D eigenvalue weighted by molar-refractivity contribution is 5.82. The molecule has 0 aliphatic rings. The fourth-order valence-electron chi connectivity index (χ4n) is 1.87. The number of fused-ring (bicyclic) bond motifs is 1. The van der Waals surface area contributed by atoms with E-state index in [1.54, 1.807) is 12.1 Å². The number of hydrogen-bond acceptors (Lipinski definition) is 2. The summed E-state index contributed by atoms with van der Waals surface area (Å²) in [4.78, 5) is 0. The van der Waals surface area contributed by atoms with Gasteiger partial charge in [0.2, 0.25) is 0 Å². The number of aromatic hydroxyl groups is 1. The Bertz CT molecular complexity index is 486.